The molecule has 4 aliphatic rings. The lowest BCUT2D eigenvalue weighted by molar-refractivity contribution is -0.206. The first-order valence-electron chi connectivity index (χ1n) is 8.79. The largest absolute Gasteiger partial charge is 0.480 e. The van der Waals surface area contributed by atoms with Gasteiger partial charge in [-0.05, 0) is 70.6 Å². The summed E-state index contributed by atoms with van der Waals surface area (Å²) in [5, 5.41) is 23.3. The molecular formula is C18H29NO5. The first kappa shape index (κ1) is 17.5. The van der Waals surface area contributed by atoms with Crippen molar-refractivity contribution in [3.8, 4) is 0 Å². The molecule has 3 N–H and O–H groups in total. The van der Waals surface area contributed by atoms with E-state index in [0.717, 1.165) is 32.1 Å². The number of carbonyl (C=O) groups excluding carboxylic acids is 1. The van der Waals surface area contributed by atoms with Crippen molar-refractivity contribution < 1.29 is 24.5 Å². The van der Waals surface area contributed by atoms with Gasteiger partial charge in [0.2, 0.25) is 0 Å². The molecule has 24 heavy (non-hydrogen) atoms. The van der Waals surface area contributed by atoms with E-state index < -0.39 is 34.7 Å². The van der Waals surface area contributed by atoms with Gasteiger partial charge in [0.05, 0.1) is 5.60 Å². The lowest BCUT2D eigenvalue weighted by atomic mass is 9.41. The van der Waals surface area contributed by atoms with Gasteiger partial charge >= 0.3 is 12.1 Å². The van der Waals surface area contributed by atoms with Crippen LogP contribution in [0.25, 0.3) is 0 Å². The van der Waals surface area contributed by atoms with Crippen molar-refractivity contribution in [1.29, 1.82) is 0 Å². The van der Waals surface area contributed by atoms with Gasteiger partial charge in [-0.3, -0.25) is 0 Å². The molecule has 4 aliphatic carbocycles. The normalized spacial score (nSPS) is 41.8. The molecule has 136 valence electrons. The molecule has 0 aliphatic heterocycles. The third-order valence-electron chi connectivity index (χ3n) is 5.88. The molecule has 4 rings (SSSR count). The van der Waals surface area contributed by atoms with Crippen molar-refractivity contribution >= 4 is 12.1 Å². The fourth-order valence-electron chi connectivity index (χ4n) is 6.17. The van der Waals surface area contributed by atoms with Crippen LogP contribution in [-0.2, 0) is 9.53 Å². The number of carbonyl (C=O) groups is 2. The highest BCUT2D eigenvalue weighted by atomic mass is 16.6. The van der Waals surface area contributed by atoms with Crippen molar-refractivity contribution in [2.24, 2.45) is 16.7 Å². The van der Waals surface area contributed by atoms with Crippen molar-refractivity contribution in [2.75, 3.05) is 0 Å². The summed E-state index contributed by atoms with van der Waals surface area (Å²) < 4.78 is 5.26. The van der Waals surface area contributed by atoms with Crippen LogP contribution in [0.4, 0.5) is 4.79 Å². The smallest absolute Gasteiger partial charge is 0.408 e. The van der Waals surface area contributed by atoms with Gasteiger partial charge in [0.15, 0.2) is 0 Å². The molecule has 0 radical (unpaired) electrons. The Morgan fingerprint density at radius 1 is 1.17 bits per heavy atom. The second-order valence-electron chi connectivity index (χ2n) is 9.82. The van der Waals surface area contributed by atoms with Gasteiger partial charge in [-0.2, -0.15) is 0 Å². The topological polar surface area (TPSA) is 95.9 Å². The van der Waals surface area contributed by atoms with Crippen LogP contribution in [-0.4, -0.2) is 39.5 Å². The summed E-state index contributed by atoms with van der Waals surface area (Å²) in [4.78, 5) is 24.1. The van der Waals surface area contributed by atoms with Crippen LogP contribution in [0.5, 0.6) is 0 Å². The Balaban J connectivity index is 1.86. The van der Waals surface area contributed by atoms with Gasteiger partial charge in [0.25, 0.3) is 0 Å². The van der Waals surface area contributed by atoms with Crippen molar-refractivity contribution in [2.45, 2.75) is 83.5 Å². The van der Waals surface area contributed by atoms with Gasteiger partial charge in [-0.1, -0.05) is 6.92 Å². The number of rotatable bonds is 3. The summed E-state index contributed by atoms with van der Waals surface area (Å²) in [7, 11) is 0. The number of hydrogen-bond donors (Lipinski definition) is 3. The predicted octanol–water partition coefficient (Wildman–Crippen LogP) is 2.69. The van der Waals surface area contributed by atoms with E-state index in [0.29, 0.717) is 12.3 Å². The van der Waals surface area contributed by atoms with Crippen LogP contribution in [0.2, 0.25) is 0 Å². The molecule has 5 atom stereocenters. The minimum absolute atomic E-state index is 0.0442. The number of amides is 1. The Labute approximate surface area is 143 Å². The van der Waals surface area contributed by atoms with E-state index >= 15 is 0 Å². The van der Waals surface area contributed by atoms with E-state index in [-0.39, 0.29) is 5.41 Å². The van der Waals surface area contributed by atoms with Crippen LogP contribution in [0, 0.1) is 16.7 Å². The Bertz CT molecular complexity index is 548. The monoisotopic (exact) mass is 339 g/mol. The molecule has 1 amide bonds. The predicted molar refractivity (Wildman–Crippen MR) is 87.5 cm³/mol. The molecular weight excluding hydrogens is 310 g/mol. The number of carboxylic acid groups (broad SMARTS) is 1. The maximum absolute atomic E-state index is 12.2. The van der Waals surface area contributed by atoms with Gasteiger partial charge in [0, 0.05) is 5.41 Å². The average molecular weight is 339 g/mol. The van der Waals surface area contributed by atoms with E-state index in [1.807, 2.05) is 0 Å². The fraction of sp³-hybridized carbons (Fsp3) is 0.889. The molecule has 0 aromatic rings. The molecule has 5 unspecified atom stereocenters. The lowest BCUT2D eigenvalue weighted by Crippen LogP contribution is -2.66. The summed E-state index contributed by atoms with van der Waals surface area (Å²) in [6, 6.07) is -1.03. The standard InChI is InChI=1S/C18H29NO5/c1-15(2,3)24-14(22)19-12(13(20)21)17-6-11-5-16(4,8-17)9-18(23,7-11)10-17/h11-12,23H,5-10H2,1-4H3,(H,19,22)(H,20,21). The Morgan fingerprint density at radius 2 is 1.83 bits per heavy atom. The highest BCUT2D eigenvalue weighted by molar-refractivity contribution is 5.81. The van der Waals surface area contributed by atoms with Gasteiger partial charge in [0.1, 0.15) is 11.6 Å². The summed E-state index contributed by atoms with van der Waals surface area (Å²) in [6.07, 6.45) is 3.74. The van der Waals surface area contributed by atoms with Crippen LogP contribution in [0.1, 0.15) is 66.2 Å². The molecule has 0 spiro atoms. The minimum atomic E-state index is -1.05. The Hall–Kier alpha value is -1.30. The van der Waals surface area contributed by atoms with E-state index in [9.17, 15) is 19.8 Å². The van der Waals surface area contributed by atoms with Crippen LogP contribution < -0.4 is 5.32 Å². The number of aliphatic hydroxyl groups is 1. The third-order valence-corrected chi connectivity index (χ3v) is 5.88. The minimum Gasteiger partial charge on any atom is -0.480 e. The average Bonchev–Trinajstić information content (AvgIpc) is 2.28. The zero-order valence-corrected chi connectivity index (χ0v) is 15.0. The van der Waals surface area contributed by atoms with E-state index in [1.165, 1.54) is 0 Å². The van der Waals surface area contributed by atoms with E-state index in [1.54, 1.807) is 20.8 Å². The highest BCUT2D eigenvalue weighted by Crippen LogP contribution is 2.67. The first-order valence-corrected chi connectivity index (χ1v) is 8.79. The van der Waals surface area contributed by atoms with Crippen LogP contribution in [0.3, 0.4) is 0 Å². The van der Waals surface area contributed by atoms with Crippen LogP contribution >= 0.6 is 0 Å². The molecule has 4 bridgehead atoms. The van der Waals surface area contributed by atoms with Gasteiger partial charge < -0.3 is 20.3 Å². The van der Waals surface area contributed by atoms with Crippen molar-refractivity contribution in [3.05, 3.63) is 0 Å². The maximum atomic E-state index is 12.2. The zero-order chi connectivity index (χ0) is 18.0. The zero-order valence-electron chi connectivity index (χ0n) is 15.0. The number of nitrogens with one attached hydrogen (secondary N) is 1. The molecule has 0 saturated heterocycles. The number of aliphatic carboxylic acids is 1. The second kappa shape index (κ2) is 5.10. The lowest BCUT2D eigenvalue weighted by Gasteiger charge is -2.65. The second-order valence-corrected chi connectivity index (χ2v) is 9.82. The molecule has 0 heterocycles. The number of carboxylic acids is 1. The van der Waals surface area contributed by atoms with Crippen LogP contribution in [0.15, 0.2) is 0 Å². The molecule has 6 nitrogen and oxygen atoms in total. The summed E-state index contributed by atoms with van der Waals surface area (Å²) >= 11 is 0. The fourth-order valence-corrected chi connectivity index (χ4v) is 6.17. The van der Waals surface area contributed by atoms with E-state index in [2.05, 4.69) is 12.2 Å². The number of hydrogen-bond acceptors (Lipinski definition) is 4. The number of ether oxygens (including phenoxy) is 1. The first-order chi connectivity index (χ1) is 10.8. The molecule has 4 saturated carbocycles. The Morgan fingerprint density at radius 3 is 2.33 bits per heavy atom. The maximum Gasteiger partial charge on any atom is 0.408 e. The molecule has 6 heteroatoms. The quantitative estimate of drug-likeness (QED) is 0.735. The highest BCUT2D eigenvalue weighted by Gasteiger charge is 2.65. The van der Waals surface area contributed by atoms with E-state index in [4.69, 9.17) is 4.74 Å². The third kappa shape index (κ3) is 3.13. The van der Waals surface area contributed by atoms with Gasteiger partial charge in [-0.25, -0.2) is 9.59 Å². The SMILES string of the molecule is CC12CC3CC(O)(C1)CC(C(NC(=O)OC(C)(C)C)C(=O)O)(C3)C2. The Kier molecular flexibility index (Phi) is 3.72. The summed E-state index contributed by atoms with van der Waals surface area (Å²) in [5.74, 6) is -0.714. The molecule has 0 aromatic heterocycles. The molecule has 0 aromatic carbocycles. The summed E-state index contributed by atoms with van der Waals surface area (Å²) in [6.45, 7) is 7.38. The van der Waals surface area contributed by atoms with Gasteiger partial charge in [-0.15, -0.1) is 0 Å². The summed E-state index contributed by atoms with van der Waals surface area (Å²) in [5.41, 5.74) is -2.11. The number of alkyl carbamates (subject to hydrolysis) is 1. The molecule has 4 fully saturated rings. The van der Waals surface area contributed by atoms with Crippen molar-refractivity contribution in [1.82, 2.24) is 5.32 Å². The van der Waals surface area contributed by atoms with Crippen molar-refractivity contribution in [3.63, 3.8) is 0 Å².